The zero-order chi connectivity index (χ0) is 14.5. The van der Waals surface area contributed by atoms with Gasteiger partial charge < -0.3 is 15.2 Å². The molecule has 0 unspecified atom stereocenters. The number of nitrogens with two attached hydrogens (primary N) is 1. The van der Waals surface area contributed by atoms with Crippen LogP contribution in [0.3, 0.4) is 0 Å². The highest BCUT2D eigenvalue weighted by Crippen LogP contribution is 2.23. The average Bonchev–Trinajstić information content (AvgIpc) is 2.91. The third-order valence-electron chi connectivity index (χ3n) is 2.42. The van der Waals surface area contributed by atoms with E-state index in [1.165, 1.54) is 23.4 Å². The van der Waals surface area contributed by atoms with Crippen LogP contribution in [0.15, 0.2) is 18.7 Å². The van der Waals surface area contributed by atoms with Crippen LogP contribution in [0.5, 0.6) is 5.88 Å². The van der Waals surface area contributed by atoms with E-state index >= 15 is 0 Å². The first kappa shape index (κ1) is 13.8. The lowest BCUT2D eigenvalue weighted by Crippen LogP contribution is -2.08. The second-order valence-electron chi connectivity index (χ2n) is 3.74. The number of nitrogen functional groups attached to an aromatic ring is 1. The molecule has 0 aliphatic carbocycles. The number of esters is 1. The van der Waals surface area contributed by atoms with Crippen molar-refractivity contribution in [3.05, 3.63) is 24.3 Å². The van der Waals surface area contributed by atoms with Gasteiger partial charge in [-0.05, 0) is 13.8 Å². The fourth-order valence-corrected chi connectivity index (χ4v) is 1.56. The van der Waals surface area contributed by atoms with Crippen molar-refractivity contribution in [3.63, 3.8) is 0 Å². The molecule has 2 rings (SSSR count). The van der Waals surface area contributed by atoms with Gasteiger partial charge in [0.15, 0.2) is 5.82 Å². The fraction of sp³-hybridized carbons (Fsp3) is 0.333. The summed E-state index contributed by atoms with van der Waals surface area (Å²) in [6, 6.07) is 0. The second-order valence-corrected chi connectivity index (χ2v) is 3.74. The Labute approximate surface area is 115 Å². The third kappa shape index (κ3) is 2.68. The van der Waals surface area contributed by atoms with Crippen LogP contribution in [0.4, 0.5) is 5.69 Å². The predicted molar refractivity (Wildman–Crippen MR) is 70.7 cm³/mol. The van der Waals surface area contributed by atoms with Crippen LogP contribution in [0, 0.1) is 0 Å². The van der Waals surface area contributed by atoms with Crippen molar-refractivity contribution in [2.24, 2.45) is 0 Å². The van der Waals surface area contributed by atoms with Crippen LogP contribution in [-0.2, 0) is 4.74 Å². The van der Waals surface area contributed by atoms with Gasteiger partial charge in [0.05, 0.1) is 25.0 Å². The Balaban J connectivity index is 2.33. The number of carbonyl (C=O) groups is 1. The summed E-state index contributed by atoms with van der Waals surface area (Å²) in [5.41, 5.74) is 6.50. The molecule has 8 heteroatoms. The van der Waals surface area contributed by atoms with Gasteiger partial charge in [0.1, 0.15) is 12.0 Å². The van der Waals surface area contributed by atoms with Gasteiger partial charge in [-0.3, -0.25) is 0 Å². The standard InChI is InChI=1S/C12H15N5O3/c1-3-19-11-9(13)10(14-7-15-11)17-6-8(5-16-17)12(18)20-4-2/h5-7H,3-4,13H2,1-2H3. The van der Waals surface area contributed by atoms with Crippen LogP contribution >= 0.6 is 0 Å². The number of hydrogen-bond donors (Lipinski definition) is 1. The van der Waals surface area contributed by atoms with Crippen molar-refractivity contribution in [1.82, 2.24) is 19.7 Å². The molecule has 0 atom stereocenters. The molecule has 106 valence electrons. The van der Waals surface area contributed by atoms with Crippen molar-refractivity contribution >= 4 is 11.7 Å². The molecule has 0 spiro atoms. The van der Waals surface area contributed by atoms with Crippen molar-refractivity contribution in [2.45, 2.75) is 13.8 Å². The third-order valence-corrected chi connectivity index (χ3v) is 2.42. The molecular formula is C12H15N5O3. The van der Waals surface area contributed by atoms with Crippen molar-refractivity contribution in [3.8, 4) is 11.7 Å². The molecule has 0 aliphatic heterocycles. The number of anilines is 1. The zero-order valence-electron chi connectivity index (χ0n) is 11.2. The molecule has 8 nitrogen and oxygen atoms in total. The summed E-state index contributed by atoms with van der Waals surface area (Å²) in [5, 5.41) is 4.04. The first-order valence-corrected chi connectivity index (χ1v) is 6.12. The van der Waals surface area contributed by atoms with Crippen LogP contribution < -0.4 is 10.5 Å². The number of aromatic nitrogens is 4. The highest BCUT2D eigenvalue weighted by molar-refractivity contribution is 5.88. The molecular weight excluding hydrogens is 262 g/mol. The summed E-state index contributed by atoms with van der Waals surface area (Å²) in [4.78, 5) is 19.6. The Kier molecular flexibility index (Phi) is 4.14. The number of hydrogen-bond acceptors (Lipinski definition) is 7. The van der Waals surface area contributed by atoms with E-state index in [4.69, 9.17) is 15.2 Å². The molecule has 0 saturated heterocycles. The SMILES string of the molecule is CCOC(=O)c1cnn(-c2ncnc(OCC)c2N)c1. The minimum absolute atomic E-state index is 0.257. The van der Waals surface area contributed by atoms with Crippen molar-refractivity contribution in [2.75, 3.05) is 18.9 Å². The number of ether oxygens (including phenoxy) is 2. The summed E-state index contributed by atoms with van der Waals surface area (Å²) >= 11 is 0. The lowest BCUT2D eigenvalue weighted by molar-refractivity contribution is 0.0526. The molecule has 2 heterocycles. The Morgan fingerprint density at radius 3 is 2.85 bits per heavy atom. The maximum atomic E-state index is 11.6. The number of rotatable bonds is 5. The minimum atomic E-state index is -0.448. The normalized spacial score (nSPS) is 10.3. The lowest BCUT2D eigenvalue weighted by atomic mass is 10.4. The van der Waals surface area contributed by atoms with Gasteiger partial charge in [-0.1, -0.05) is 0 Å². The van der Waals surface area contributed by atoms with E-state index in [0.717, 1.165) is 0 Å². The zero-order valence-corrected chi connectivity index (χ0v) is 11.2. The molecule has 0 saturated carbocycles. The lowest BCUT2D eigenvalue weighted by Gasteiger charge is -2.08. The topological polar surface area (TPSA) is 105 Å². The first-order valence-electron chi connectivity index (χ1n) is 6.12. The van der Waals surface area contributed by atoms with Gasteiger partial charge in [0.25, 0.3) is 0 Å². The van der Waals surface area contributed by atoms with Gasteiger partial charge in [-0.15, -0.1) is 0 Å². The van der Waals surface area contributed by atoms with Crippen LogP contribution in [0.25, 0.3) is 5.82 Å². The monoisotopic (exact) mass is 277 g/mol. The van der Waals surface area contributed by atoms with E-state index in [0.29, 0.717) is 24.6 Å². The van der Waals surface area contributed by atoms with Crippen LogP contribution in [0.2, 0.25) is 0 Å². The Morgan fingerprint density at radius 1 is 1.35 bits per heavy atom. The van der Waals surface area contributed by atoms with E-state index in [2.05, 4.69) is 15.1 Å². The first-order chi connectivity index (χ1) is 9.67. The maximum Gasteiger partial charge on any atom is 0.341 e. The number of nitrogens with zero attached hydrogens (tertiary/aromatic N) is 4. The minimum Gasteiger partial charge on any atom is -0.476 e. The van der Waals surface area contributed by atoms with Crippen molar-refractivity contribution < 1.29 is 14.3 Å². The van der Waals surface area contributed by atoms with E-state index < -0.39 is 5.97 Å². The maximum absolute atomic E-state index is 11.6. The largest absolute Gasteiger partial charge is 0.476 e. The average molecular weight is 277 g/mol. The summed E-state index contributed by atoms with van der Waals surface area (Å²) < 4.78 is 11.6. The molecule has 20 heavy (non-hydrogen) atoms. The smallest absolute Gasteiger partial charge is 0.341 e. The quantitative estimate of drug-likeness (QED) is 0.806. The summed E-state index contributed by atoms with van der Waals surface area (Å²) in [6.45, 7) is 4.30. The molecule has 2 N–H and O–H groups in total. The van der Waals surface area contributed by atoms with Gasteiger partial charge >= 0.3 is 5.97 Å². The summed E-state index contributed by atoms with van der Waals surface area (Å²) in [6.07, 6.45) is 4.20. The Bertz CT molecular complexity index is 611. The fourth-order valence-electron chi connectivity index (χ4n) is 1.56. The highest BCUT2D eigenvalue weighted by atomic mass is 16.5. The molecule has 2 aromatic heterocycles. The molecule has 2 aromatic rings. The molecule has 0 aromatic carbocycles. The summed E-state index contributed by atoms with van der Waals surface area (Å²) in [7, 11) is 0. The number of carbonyl (C=O) groups excluding carboxylic acids is 1. The van der Waals surface area contributed by atoms with Gasteiger partial charge in [0, 0.05) is 6.20 Å². The van der Waals surface area contributed by atoms with Crippen molar-refractivity contribution in [1.29, 1.82) is 0 Å². The van der Waals surface area contributed by atoms with E-state index in [1.54, 1.807) is 6.92 Å². The Hall–Kier alpha value is -2.64. The van der Waals surface area contributed by atoms with Crippen LogP contribution in [0.1, 0.15) is 24.2 Å². The van der Waals surface area contributed by atoms with Crippen LogP contribution in [-0.4, -0.2) is 38.9 Å². The predicted octanol–water partition coefficient (Wildman–Crippen LogP) is 0.820. The van der Waals surface area contributed by atoms with Gasteiger partial charge in [-0.2, -0.15) is 10.1 Å². The molecule has 0 aliphatic rings. The molecule has 0 bridgehead atoms. The highest BCUT2D eigenvalue weighted by Gasteiger charge is 2.15. The molecule has 0 radical (unpaired) electrons. The molecule has 0 amide bonds. The van der Waals surface area contributed by atoms with E-state index in [1.807, 2.05) is 6.92 Å². The van der Waals surface area contributed by atoms with E-state index in [-0.39, 0.29) is 11.6 Å². The summed E-state index contributed by atoms with van der Waals surface area (Å²) in [5.74, 6) is 0.182. The Morgan fingerprint density at radius 2 is 2.15 bits per heavy atom. The van der Waals surface area contributed by atoms with Gasteiger partial charge in [-0.25, -0.2) is 14.5 Å². The molecule has 0 fully saturated rings. The second kappa shape index (κ2) is 6.00. The van der Waals surface area contributed by atoms with Gasteiger partial charge in [0.2, 0.25) is 5.88 Å². The van der Waals surface area contributed by atoms with E-state index in [9.17, 15) is 4.79 Å².